The second-order valence-corrected chi connectivity index (χ2v) is 12.0. The zero-order valence-corrected chi connectivity index (χ0v) is 24.5. The van der Waals surface area contributed by atoms with Crippen molar-refractivity contribution in [2.45, 2.75) is 67.8 Å². The Labute approximate surface area is 228 Å². The van der Waals surface area contributed by atoms with Crippen LogP contribution in [-0.4, -0.2) is 63.9 Å². The minimum Gasteiger partial charge on any atom is -0.461 e. The lowest BCUT2D eigenvalue weighted by atomic mass is 9.68. The fraction of sp³-hybridized carbons (Fsp3) is 0.733. The Hall–Kier alpha value is -2.00. The smallest absolute Gasteiger partial charge is 0.338 e. The largest absolute Gasteiger partial charge is 0.461 e. The number of nitrogens with one attached hydrogen (secondary N) is 2. The summed E-state index contributed by atoms with van der Waals surface area (Å²) in [6.45, 7) is 20.5. The highest BCUT2D eigenvalue weighted by Gasteiger charge is 2.49. The van der Waals surface area contributed by atoms with Crippen LogP contribution in [0.15, 0.2) is 24.3 Å². The summed E-state index contributed by atoms with van der Waals surface area (Å²) < 4.78 is 23.6. The molecule has 1 aromatic carbocycles. The van der Waals surface area contributed by atoms with Gasteiger partial charge < -0.3 is 18.9 Å². The van der Waals surface area contributed by atoms with Crippen LogP contribution in [0.5, 0.6) is 0 Å². The summed E-state index contributed by atoms with van der Waals surface area (Å²) in [6, 6.07) is 6.48. The molecule has 38 heavy (non-hydrogen) atoms. The fourth-order valence-corrected chi connectivity index (χ4v) is 6.19. The van der Waals surface area contributed by atoms with Gasteiger partial charge >= 0.3 is 11.9 Å². The molecular weight excluding hydrogens is 484 g/mol. The third-order valence-electron chi connectivity index (χ3n) is 8.97. The Morgan fingerprint density at radius 3 is 1.26 bits per heavy atom. The molecule has 2 heterocycles. The van der Waals surface area contributed by atoms with Crippen molar-refractivity contribution in [1.29, 1.82) is 0 Å². The normalized spacial score (nSPS) is 20.6. The molecule has 3 rings (SSSR count). The zero-order chi connectivity index (χ0) is 28.1. The zero-order valence-electron chi connectivity index (χ0n) is 24.5. The van der Waals surface area contributed by atoms with E-state index in [1.807, 2.05) is 0 Å². The van der Waals surface area contributed by atoms with Crippen molar-refractivity contribution in [2.24, 2.45) is 34.5 Å². The van der Waals surface area contributed by atoms with Gasteiger partial charge in [0, 0.05) is 23.9 Å². The van der Waals surface area contributed by atoms with Crippen molar-refractivity contribution in [1.82, 2.24) is 10.6 Å². The van der Waals surface area contributed by atoms with Crippen LogP contribution >= 0.6 is 0 Å². The highest BCUT2D eigenvalue weighted by Crippen LogP contribution is 2.42. The van der Waals surface area contributed by atoms with Crippen molar-refractivity contribution in [3.8, 4) is 0 Å². The third-order valence-corrected chi connectivity index (χ3v) is 8.97. The highest BCUT2D eigenvalue weighted by atomic mass is 16.5. The number of esters is 2. The van der Waals surface area contributed by atoms with E-state index in [9.17, 15) is 9.59 Å². The van der Waals surface area contributed by atoms with Gasteiger partial charge in [-0.3, -0.25) is 10.6 Å². The molecule has 0 aromatic heterocycles. The molecule has 2 aliphatic rings. The van der Waals surface area contributed by atoms with Gasteiger partial charge in [-0.1, -0.05) is 55.4 Å². The van der Waals surface area contributed by atoms with Crippen LogP contribution in [0.3, 0.4) is 0 Å². The van der Waals surface area contributed by atoms with Crippen molar-refractivity contribution < 1.29 is 28.5 Å². The number of hydrogen-bond acceptors (Lipinski definition) is 8. The molecule has 2 atom stereocenters. The van der Waals surface area contributed by atoms with Gasteiger partial charge in [0.25, 0.3) is 0 Å². The first-order valence-electron chi connectivity index (χ1n) is 14.1. The minimum atomic E-state index is -0.420. The average molecular weight is 533 g/mol. The first-order valence-corrected chi connectivity index (χ1v) is 14.1. The van der Waals surface area contributed by atoms with Crippen LogP contribution in [0.1, 0.15) is 76.1 Å². The monoisotopic (exact) mass is 532 g/mol. The molecule has 0 aliphatic carbocycles. The minimum absolute atomic E-state index is 0.166. The predicted octanol–water partition coefficient (Wildman–Crippen LogP) is 4.49. The van der Waals surface area contributed by atoms with Crippen molar-refractivity contribution in [3.63, 3.8) is 0 Å². The van der Waals surface area contributed by atoms with Crippen molar-refractivity contribution in [2.75, 3.05) is 39.5 Å². The molecule has 2 N–H and O–H groups in total. The summed E-state index contributed by atoms with van der Waals surface area (Å²) in [5, 5.41) is 6.84. The Balaban J connectivity index is 1.66. The lowest BCUT2D eigenvalue weighted by molar-refractivity contribution is -0.104. The van der Waals surface area contributed by atoms with Gasteiger partial charge in [-0.15, -0.1) is 0 Å². The molecule has 214 valence electrons. The second kappa shape index (κ2) is 12.9. The summed E-state index contributed by atoms with van der Waals surface area (Å²) in [4.78, 5) is 25.9. The lowest BCUT2D eigenvalue weighted by Crippen LogP contribution is -2.53. The van der Waals surface area contributed by atoms with Crippen molar-refractivity contribution in [3.05, 3.63) is 35.4 Å². The molecular formula is C30H48N2O6. The van der Waals surface area contributed by atoms with Crippen LogP contribution in [0, 0.1) is 34.5 Å². The van der Waals surface area contributed by atoms with E-state index in [2.05, 4.69) is 66.0 Å². The first kappa shape index (κ1) is 30.5. The molecule has 8 nitrogen and oxygen atoms in total. The van der Waals surface area contributed by atoms with Crippen LogP contribution < -0.4 is 10.6 Å². The van der Waals surface area contributed by atoms with E-state index >= 15 is 0 Å². The van der Waals surface area contributed by atoms with Gasteiger partial charge in [0.1, 0.15) is 25.7 Å². The summed E-state index contributed by atoms with van der Waals surface area (Å²) in [7, 11) is 0. The van der Waals surface area contributed by atoms with Gasteiger partial charge in [-0.25, -0.2) is 9.59 Å². The Morgan fingerprint density at radius 2 is 1.03 bits per heavy atom. The van der Waals surface area contributed by atoms with E-state index in [1.54, 1.807) is 24.3 Å². The maximum absolute atomic E-state index is 13.0. The second-order valence-electron chi connectivity index (χ2n) is 12.0. The number of benzene rings is 1. The van der Waals surface area contributed by atoms with Gasteiger partial charge in [-0.2, -0.15) is 0 Å². The molecule has 0 radical (unpaired) electrons. The molecule has 2 unspecified atom stereocenters. The standard InChI is InChI=1S/C30H48N2O6/c1-19(2)29(20(3)4,27-31-13-15-35-27)17-37-25(33)23-9-11-24(12-10-23)26(34)38-18-30(21(5)6,22(7)8)28-32-14-16-36-28/h9-12,19-22,27-28,31-32H,13-18H2,1-8H3. The number of hydrogen-bond donors (Lipinski definition) is 2. The van der Waals surface area contributed by atoms with E-state index in [-0.39, 0.29) is 60.2 Å². The Morgan fingerprint density at radius 1 is 0.711 bits per heavy atom. The quantitative estimate of drug-likeness (QED) is 0.380. The third kappa shape index (κ3) is 6.09. The molecule has 2 saturated heterocycles. The molecule has 0 saturated carbocycles. The number of carbonyl (C=O) groups excluding carboxylic acids is 2. The molecule has 0 spiro atoms. The van der Waals surface area contributed by atoms with Gasteiger partial charge in [-0.05, 0) is 47.9 Å². The fourth-order valence-electron chi connectivity index (χ4n) is 6.19. The van der Waals surface area contributed by atoms with Crippen LogP contribution in [0.2, 0.25) is 0 Å². The summed E-state index contributed by atoms with van der Waals surface area (Å²) in [5.41, 5.74) is 0.0799. The number of carbonyl (C=O) groups is 2. The van der Waals surface area contributed by atoms with E-state index in [1.165, 1.54) is 0 Å². The van der Waals surface area contributed by atoms with E-state index in [0.29, 0.717) is 24.3 Å². The molecule has 2 aliphatic heterocycles. The number of rotatable bonds is 12. The summed E-state index contributed by atoms with van der Waals surface area (Å²) in [5.74, 6) is 0.0927. The maximum atomic E-state index is 13.0. The van der Waals surface area contributed by atoms with E-state index < -0.39 is 11.9 Å². The summed E-state index contributed by atoms with van der Waals surface area (Å²) in [6.07, 6.45) is -0.331. The van der Waals surface area contributed by atoms with E-state index in [0.717, 1.165) is 13.1 Å². The van der Waals surface area contributed by atoms with Crippen LogP contribution in [-0.2, 0) is 18.9 Å². The van der Waals surface area contributed by atoms with Crippen LogP contribution in [0.25, 0.3) is 0 Å². The van der Waals surface area contributed by atoms with Crippen molar-refractivity contribution >= 4 is 11.9 Å². The Kier molecular flexibility index (Phi) is 10.4. The molecule has 1 aromatic rings. The van der Waals surface area contributed by atoms with Gasteiger partial charge in [0.2, 0.25) is 0 Å². The summed E-state index contributed by atoms with van der Waals surface area (Å²) >= 11 is 0. The Bertz CT molecular complexity index is 824. The molecule has 2 fully saturated rings. The lowest BCUT2D eigenvalue weighted by Gasteiger charge is -2.44. The molecule has 8 heteroatoms. The highest BCUT2D eigenvalue weighted by molar-refractivity contribution is 5.93. The predicted molar refractivity (Wildman–Crippen MR) is 147 cm³/mol. The molecule has 0 amide bonds. The van der Waals surface area contributed by atoms with Gasteiger partial charge in [0.15, 0.2) is 0 Å². The first-order chi connectivity index (χ1) is 18.0. The average Bonchev–Trinajstić information content (AvgIpc) is 3.59. The topological polar surface area (TPSA) is 95.1 Å². The molecule has 0 bridgehead atoms. The SMILES string of the molecule is CC(C)C(COC(=O)c1ccc(C(=O)OCC(C(C)C)(C(C)C)C2NCCO2)cc1)(C(C)C)C1NCCO1. The maximum Gasteiger partial charge on any atom is 0.338 e. The van der Waals surface area contributed by atoms with E-state index in [4.69, 9.17) is 18.9 Å². The number of ether oxygens (including phenoxy) is 4. The van der Waals surface area contributed by atoms with Crippen LogP contribution in [0.4, 0.5) is 0 Å². The van der Waals surface area contributed by atoms with Gasteiger partial charge in [0.05, 0.1) is 24.3 Å².